The molecule has 2 atom stereocenters. The average molecular weight is 322 g/mol. The molecule has 0 saturated carbocycles. The van der Waals surface area contributed by atoms with E-state index in [1.54, 1.807) is 0 Å². The minimum Gasteiger partial charge on any atom is -0.395 e. The summed E-state index contributed by atoms with van der Waals surface area (Å²) < 4.78 is 13.0. The van der Waals surface area contributed by atoms with Gasteiger partial charge in [-0.1, -0.05) is 0 Å². The number of nitrogens with zero attached hydrogens (tertiary/aromatic N) is 2. The Morgan fingerprint density at radius 1 is 1.04 bits per heavy atom. The number of anilines is 1. The molecule has 0 spiro atoms. The van der Waals surface area contributed by atoms with E-state index in [1.807, 2.05) is 12.1 Å². The molecule has 23 heavy (non-hydrogen) atoms. The lowest BCUT2D eigenvalue weighted by Crippen LogP contribution is -2.50. The van der Waals surface area contributed by atoms with Crippen LogP contribution in [0.5, 0.6) is 0 Å². The number of β-amino-alcohol motifs (C(OH)–C–C–N with tert-alkyl or cyclic N) is 1. The van der Waals surface area contributed by atoms with E-state index >= 15 is 0 Å². The molecule has 0 aromatic heterocycles. The molecule has 2 N–H and O–H groups in total. The predicted octanol–water partition coefficient (Wildman–Crippen LogP) is 1.86. The van der Waals surface area contributed by atoms with Crippen LogP contribution >= 0.6 is 0 Å². The summed E-state index contributed by atoms with van der Waals surface area (Å²) in [5.74, 6) is 0.411. The van der Waals surface area contributed by atoms with Gasteiger partial charge in [0.25, 0.3) is 0 Å². The van der Waals surface area contributed by atoms with Crippen molar-refractivity contribution < 1.29 is 14.6 Å². The van der Waals surface area contributed by atoms with E-state index in [1.165, 1.54) is 12.1 Å². The second-order valence-electron chi connectivity index (χ2n) is 6.93. The summed E-state index contributed by atoms with van der Waals surface area (Å²) >= 11 is 0. The van der Waals surface area contributed by atoms with Gasteiger partial charge >= 0.3 is 0 Å². The first-order valence-corrected chi connectivity index (χ1v) is 8.69. The SMILES string of the molecule is OC[C@H]1CC[C@@H](O)CN1CC1CCN(c2ccc(F)cc2)CC1. The van der Waals surface area contributed by atoms with Gasteiger partial charge < -0.3 is 15.1 Å². The monoisotopic (exact) mass is 322 g/mol. The highest BCUT2D eigenvalue weighted by Crippen LogP contribution is 2.26. The van der Waals surface area contributed by atoms with Gasteiger partial charge in [-0.2, -0.15) is 0 Å². The molecule has 0 amide bonds. The quantitative estimate of drug-likeness (QED) is 0.888. The fraction of sp³-hybridized carbons (Fsp3) is 0.667. The van der Waals surface area contributed by atoms with E-state index in [0.717, 1.165) is 51.0 Å². The molecule has 4 nitrogen and oxygen atoms in total. The number of hydrogen-bond acceptors (Lipinski definition) is 4. The second kappa shape index (κ2) is 7.60. The lowest BCUT2D eigenvalue weighted by atomic mass is 9.92. The zero-order valence-electron chi connectivity index (χ0n) is 13.6. The first-order valence-electron chi connectivity index (χ1n) is 8.69. The molecule has 2 aliphatic rings. The molecule has 1 aromatic rings. The molecule has 2 fully saturated rings. The van der Waals surface area contributed by atoms with Crippen LogP contribution in [0.25, 0.3) is 0 Å². The number of rotatable bonds is 4. The van der Waals surface area contributed by atoms with E-state index in [9.17, 15) is 14.6 Å². The van der Waals surface area contributed by atoms with Crippen LogP contribution in [-0.4, -0.2) is 60.0 Å². The zero-order valence-corrected chi connectivity index (χ0v) is 13.6. The van der Waals surface area contributed by atoms with E-state index in [4.69, 9.17) is 0 Å². The minimum absolute atomic E-state index is 0.182. The Morgan fingerprint density at radius 2 is 1.74 bits per heavy atom. The van der Waals surface area contributed by atoms with E-state index < -0.39 is 0 Å². The third-order valence-corrected chi connectivity index (χ3v) is 5.30. The summed E-state index contributed by atoms with van der Waals surface area (Å²) in [6.45, 7) is 3.79. The van der Waals surface area contributed by atoms with E-state index in [2.05, 4.69) is 9.80 Å². The van der Waals surface area contributed by atoms with Crippen LogP contribution in [0, 0.1) is 11.7 Å². The lowest BCUT2D eigenvalue weighted by Gasteiger charge is -2.41. The van der Waals surface area contributed by atoms with Gasteiger partial charge in [0.1, 0.15) is 5.82 Å². The molecule has 2 aliphatic heterocycles. The van der Waals surface area contributed by atoms with Crippen molar-refractivity contribution in [1.29, 1.82) is 0 Å². The standard InChI is InChI=1S/C18H27FN2O2/c19-15-1-3-16(4-2-15)20-9-7-14(8-10-20)11-21-12-18(23)6-5-17(21)13-22/h1-4,14,17-18,22-23H,5-13H2/t17-,18-/m1/s1. The third kappa shape index (κ3) is 4.22. The smallest absolute Gasteiger partial charge is 0.123 e. The van der Waals surface area contributed by atoms with Gasteiger partial charge in [0.05, 0.1) is 12.7 Å². The Labute approximate surface area is 137 Å². The van der Waals surface area contributed by atoms with Gasteiger partial charge in [-0.3, -0.25) is 4.90 Å². The Hall–Kier alpha value is -1.17. The van der Waals surface area contributed by atoms with Crippen LogP contribution in [0.2, 0.25) is 0 Å². The van der Waals surface area contributed by atoms with Crippen LogP contribution < -0.4 is 4.90 Å². The summed E-state index contributed by atoms with van der Waals surface area (Å²) in [4.78, 5) is 4.58. The fourth-order valence-corrected chi connectivity index (χ4v) is 3.87. The number of halogens is 1. The minimum atomic E-state index is -0.253. The summed E-state index contributed by atoms with van der Waals surface area (Å²) in [7, 11) is 0. The maximum absolute atomic E-state index is 13.0. The molecule has 0 radical (unpaired) electrons. The van der Waals surface area contributed by atoms with Crippen molar-refractivity contribution in [2.24, 2.45) is 5.92 Å². The fourth-order valence-electron chi connectivity index (χ4n) is 3.87. The molecule has 2 saturated heterocycles. The third-order valence-electron chi connectivity index (χ3n) is 5.30. The van der Waals surface area contributed by atoms with Gasteiger partial charge in [-0.05, 0) is 55.9 Å². The summed E-state index contributed by atoms with van der Waals surface area (Å²) in [6, 6.07) is 6.93. The number of likely N-dealkylation sites (tertiary alicyclic amines) is 1. The number of hydrogen-bond donors (Lipinski definition) is 2. The number of piperidine rings is 2. The number of aliphatic hydroxyl groups is 2. The van der Waals surface area contributed by atoms with Gasteiger partial charge in [0.15, 0.2) is 0 Å². The lowest BCUT2D eigenvalue weighted by molar-refractivity contribution is 0.00397. The number of aliphatic hydroxyl groups excluding tert-OH is 2. The summed E-state index contributed by atoms with van der Waals surface area (Å²) in [6.07, 6.45) is 3.62. The van der Waals surface area contributed by atoms with Crippen LogP contribution in [-0.2, 0) is 0 Å². The average Bonchev–Trinajstić information content (AvgIpc) is 2.57. The molecule has 2 heterocycles. The number of benzene rings is 1. The van der Waals surface area contributed by atoms with Crippen LogP contribution in [0.15, 0.2) is 24.3 Å². The van der Waals surface area contributed by atoms with Crippen molar-refractivity contribution in [2.75, 3.05) is 37.7 Å². The van der Waals surface area contributed by atoms with Crippen LogP contribution in [0.1, 0.15) is 25.7 Å². The molecule has 0 bridgehead atoms. The summed E-state index contributed by atoms with van der Waals surface area (Å²) in [5.41, 5.74) is 1.09. The highest BCUT2D eigenvalue weighted by molar-refractivity contribution is 5.46. The first-order chi connectivity index (χ1) is 11.2. The molecule has 5 heteroatoms. The van der Waals surface area contributed by atoms with Gasteiger partial charge in [-0.25, -0.2) is 4.39 Å². The second-order valence-corrected chi connectivity index (χ2v) is 6.93. The highest BCUT2D eigenvalue weighted by atomic mass is 19.1. The van der Waals surface area contributed by atoms with Crippen LogP contribution in [0.4, 0.5) is 10.1 Å². The Kier molecular flexibility index (Phi) is 5.51. The zero-order chi connectivity index (χ0) is 16.2. The van der Waals surface area contributed by atoms with Gasteiger partial charge in [-0.15, -0.1) is 0 Å². The maximum atomic E-state index is 13.0. The normalized spacial score (nSPS) is 27.3. The largest absolute Gasteiger partial charge is 0.395 e. The topological polar surface area (TPSA) is 46.9 Å². The van der Waals surface area contributed by atoms with Crippen molar-refractivity contribution in [2.45, 2.75) is 37.8 Å². The Bertz CT molecular complexity index is 488. The predicted molar refractivity (Wildman–Crippen MR) is 89.0 cm³/mol. The molecular weight excluding hydrogens is 295 g/mol. The molecule has 0 aliphatic carbocycles. The van der Waals surface area contributed by atoms with Crippen molar-refractivity contribution >= 4 is 5.69 Å². The Balaban J connectivity index is 1.51. The summed E-state index contributed by atoms with van der Waals surface area (Å²) in [5, 5.41) is 19.4. The first kappa shape index (κ1) is 16.7. The van der Waals surface area contributed by atoms with Crippen molar-refractivity contribution in [3.05, 3.63) is 30.1 Å². The highest BCUT2D eigenvalue weighted by Gasteiger charge is 2.29. The molecule has 128 valence electrons. The molecule has 3 rings (SSSR count). The van der Waals surface area contributed by atoms with Crippen molar-refractivity contribution in [3.8, 4) is 0 Å². The van der Waals surface area contributed by atoms with Crippen molar-refractivity contribution in [1.82, 2.24) is 4.90 Å². The van der Waals surface area contributed by atoms with E-state index in [0.29, 0.717) is 12.5 Å². The molecule has 0 unspecified atom stereocenters. The maximum Gasteiger partial charge on any atom is 0.123 e. The van der Waals surface area contributed by atoms with E-state index in [-0.39, 0.29) is 24.6 Å². The van der Waals surface area contributed by atoms with Crippen LogP contribution in [0.3, 0.4) is 0 Å². The Morgan fingerprint density at radius 3 is 2.39 bits per heavy atom. The molecular formula is C18H27FN2O2. The molecule has 1 aromatic carbocycles. The van der Waals surface area contributed by atoms with Crippen molar-refractivity contribution in [3.63, 3.8) is 0 Å². The van der Waals surface area contributed by atoms with Gasteiger partial charge in [0, 0.05) is 37.9 Å². The van der Waals surface area contributed by atoms with Gasteiger partial charge in [0.2, 0.25) is 0 Å².